The lowest BCUT2D eigenvalue weighted by Crippen LogP contribution is -1.85. The molecule has 4 heteroatoms. The van der Waals surface area contributed by atoms with Crippen LogP contribution in [0.25, 0.3) is 22.1 Å². The molecule has 0 spiro atoms. The van der Waals surface area contributed by atoms with E-state index in [1.807, 2.05) is 30.3 Å². The Hall–Kier alpha value is -2.75. The Morgan fingerprint density at radius 2 is 1.79 bits per heavy atom. The molecule has 19 heavy (non-hydrogen) atoms. The SMILES string of the molecule is ON=Cc1ccc(-c2ccc(O)cc2)c2occc12. The van der Waals surface area contributed by atoms with Gasteiger partial charge in [-0.25, -0.2) is 0 Å². The minimum Gasteiger partial charge on any atom is -0.508 e. The zero-order chi connectivity index (χ0) is 13.2. The third-order valence-corrected chi connectivity index (χ3v) is 3.03. The summed E-state index contributed by atoms with van der Waals surface area (Å²) in [5.41, 5.74) is 3.39. The molecular weight excluding hydrogens is 242 g/mol. The van der Waals surface area contributed by atoms with Gasteiger partial charge in [-0.15, -0.1) is 0 Å². The first kappa shape index (κ1) is 11.3. The van der Waals surface area contributed by atoms with Gasteiger partial charge in [0.1, 0.15) is 11.3 Å². The van der Waals surface area contributed by atoms with Crippen LogP contribution in [0.15, 0.2) is 58.3 Å². The van der Waals surface area contributed by atoms with Gasteiger partial charge in [-0.3, -0.25) is 0 Å². The van der Waals surface area contributed by atoms with Crippen LogP contribution < -0.4 is 0 Å². The largest absolute Gasteiger partial charge is 0.508 e. The van der Waals surface area contributed by atoms with Gasteiger partial charge >= 0.3 is 0 Å². The van der Waals surface area contributed by atoms with E-state index in [1.165, 1.54) is 6.21 Å². The van der Waals surface area contributed by atoms with E-state index in [0.29, 0.717) is 0 Å². The van der Waals surface area contributed by atoms with Crippen LogP contribution in [-0.4, -0.2) is 16.5 Å². The first-order chi connectivity index (χ1) is 9.29. The van der Waals surface area contributed by atoms with E-state index >= 15 is 0 Å². The maximum Gasteiger partial charge on any atom is 0.142 e. The van der Waals surface area contributed by atoms with Gasteiger partial charge in [-0.1, -0.05) is 23.4 Å². The van der Waals surface area contributed by atoms with Crippen molar-refractivity contribution in [1.82, 2.24) is 0 Å². The second-order valence-electron chi connectivity index (χ2n) is 4.16. The first-order valence-corrected chi connectivity index (χ1v) is 5.76. The molecule has 3 rings (SSSR count). The summed E-state index contributed by atoms with van der Waals surface area (Å²) in [7, 11) is 0. The number of nitrogens with zero attached hydrogens (tertiary/aromatic N) is 1. The highest BCUT2D eigenvalue weighted by molar-refractivity contribution is 6.03. The summed E-state index contributed by atoms with van der Waals surface area (Å²) in [5.74, 6) is 0.225. The Balaban J connectivity index is 2.23. The predicted octanol–water partition coefficient (Wildman–Crippen LogP) is 3.61. The Kier molecular flexibility index (Phi) is 2.68. The monoisotopic (exact) mass is 253 g/mol. The first-order valence-electron chi connectivity index (χ1n) is 5.76. The molecule has 0 unspecified atom stereocenters. The fourth-order valence-electron chi connectivity index (χ4n) is 2.13. The number of hydrogen-bond acceptors (Lipinski definition) is 4. The van der Waals surface area contributed by atoms with Crippen molar-refractivity contribution < 1.29 is 14.7 Å². The van der Waals surface area contributed by atoms with Gasteiger partial charge in [0.15, 0.2) is 0 Å². The van der Waals surface area contributed by atoms with Gasteiger partial charge in [-0.2, -0.15) is 0 Å². The van der Waals surface area contributed by atoms with Crippen LogP contribution in [0.5, 0.6) is 5.75 Å². The normalized spacial score (nSPS) is 11.4. The summed E-state index contributed by atoms with van der Waals surface area (Å²) in [6.45, 7) is 0. The molecule has 0 bridgehead atoms. The smallest absolute Gasteiger partial charge is 0.142 e. The zero-order valence-corrected chi connectivity index (χ0v) is 9.95. The molecule has 1 aromatic heterocycles. The van der Waals surface area contributed by atoms with E-state index in [0.717, 1.165) is 27.7 Å². The summed E-state index contributed by atoms with van der Waals surface area (Å²) in [4.78, 5) is 0. The lowest BCUT2D eigenvalue weighted by molar-refractivity contribution is 0.322. The number of oxime groups is 1. The Morgan fingerprint density at radius 3 is 2.53 bits per heavy atom. The minimum absolute atomic E-state index is 0.225. The Morgan fingerprint density at radius 1 is 1.00 bits per heavy atom. The molecule has 0 aliphatic carbocycles. The molecule has 0 amide bonds. The van der Waals surface area contributed by atoms with Crippen LogP contribution in [-0.2, 0) is 0 Å². The lowest BCUT2D eigenvalue weighted by atomic mass is 10.0. The zero-order valence-electron chi connectivity index (χ0n) is 9.95. The van der Waals surface area contributed by atoms with Crippen molar-refractivity contribution >= 4 is 17.2 Å². The minimum atomic E-state index is 0.225. The van der Waals surface area contributed by atoms with Crippen molar-refractivity contribution in [3.8, 4) is 16.9 Å². The van der Waals surface area contributed by atoms with Gasteiger partial charge in [0.25, 0.3) is 0 Å². The van der Waals surface area contributed by atoms with Gasteiger partial charge in [0.2, 0.25) is 0 Å². The molecular formula is C15H11NO3. The molecule has 0 fully saturated rings. The summed E-state index contributed by atoms with van der Waals surface area (Å²) < 4.78 is 5.51. The van der Waals surface area contributed by atoms with Crippen molar-refractivity contribution in [2.45, 2.75) is 0 Å². The molecule has 0 aliphatic heterocycles. The fourth-order valence-corrected chi connectivity index (χ4v) is 2.13. The lowest BCUT2D eigenvalue weighted by Gasteiger charge is -2.04. The topological polar surface area (TPSA) is 66.0 Å². The van der Waals surface area contributed by atoms with E-state index in [4.69, 9.17) is 9.62 Å². The van der Waals surface area contributed by atoms with Gasteiger partial charge in [0, 0.05) is 16.5 Å². The summed E-state index contributed by atoms with van der Waals surface area (Å²) in [6.07, 6.45) is 2.97. The maximum atomic E-state index is 9.32. The van der Waals surface area contributed by atoms with Crippen molar-refractivity contribution in [3.05, 3.63) is 54.3 Å². The third kappa shape index (κ3) is 1.93. The number of phenolic OH excluding ortho intramolecular Hbond substituents is 1. The Labute approximate surface area is 109 Å². The van der Waals surface area contributed by atoms with E-state index in [1.54, 1.807) is 18.4 Å². The van der Waals surface area contributed by atoms with Crippen LogP contribution in [0.3, 0.4) is 0 Å². The number of furan rings is 1. The molecule has 2 N–H and O–H groups in total. The maximum absolute atomic E-state index is 9.32. The van der Waals surface area contributed by atoms with Gasteiger partial charge in [-0.05, 0) is 29.8 Å². The molecule has 4 nitrogen and oxygen atoms in total. The van der Waals surface area contributed by atoms with Crippen molar-refractivity contribution in [2.75, 3.05) is 0 Å². The summed E-state index contributed by atoms with van der Waals surface area (Å²) >= 11 is 0. The molecule has 0 atom stereocenters. The fraction of sp³-hybridized carbons (Fsp3) is 0. The average Bonchev–Trinajstić information content (AvgIpc) is 2.90. The van der Waals surface area contributed by atoms with Crippen LogP contribution in [0.1, 0.15) is 5.56 Å². The number of aromatic hydroxyl groups is 1. The van der Waals surface area contributed by atoms with E-state index in [9.17, 15) is 5.11 Å². The van der Waals surface area contributed by atoms with E-state index in [2.05, 4.69) is 5.16 Å². The Bertz CT molecular complexity index is 742. The highest BCUT2D eigenvalue weighted by Crippen LogP contribution is 2.31. The van der Waals surface area contributed by atoms with Crippen molar-refractivity contribution in [3.63, 3.8) is 0 Å². The quantitative estimate of drug-likeness (QED) is 0.416. The number of rotatable bonds is 2. The average molecular weight is 253 g/mol. The molecule has 3 aromatic rings. The second-order valence-corrected chi connectivity index (χ2v) is 4.16. The molecule has 2 aromatic carbocycles. The number of phenols is 1. The molecule has 0 radical (unpaired) electrons. The summed E-state index contributed by atoms with van der Waals surface area (Å²) in [6, 6.07) is 12.5. The number of fused-ring (bicyclic) bond motifs is 1. The predicted molar refractivity (Wildman–Crippen MR) is 72.7 cm³/mol. The van der Waals surface area contributed by atoms with E-state index < -0.39 is 0 Å². The van der Waals surface area contributed by atoms with Crippen LogP contribution in [0.2, 0.25) is 0 Å². The molecule has 94 valence electrons. The molecule has 0 aliphatic rings. The van der Waals surface area contributed by atoms with E-state index in [-0.39, 0.29) is 5.75 Å². The van der Waals surface area contributed by atoms with Crippen LogP contribution in [0.4, 0.5) is 0 Å². The summed E-state index contributed by atoms with van der Waals surface area (Å²) in [5, 5.41) is 21.9. The van der Waals surface area contributed by atoms with Gasteiger partial charge < -0.3 is 14.7 Å². The van der Waals surface area contributed by atoms with Gasteiger partial charge in [0.05, 0.1) is 12.5 Å². The van der Waals surface area contributed by atoms with Crippen LogP contribution >= 0.6 is 0 Å². The third-order valence-electron chi connectivity index (χ3n) is 3.03. The standard InChI is InChI=1S/C15H11NO3/c17-12-4-1-10(2-5-12)13-6-3-11(9-16-18)14-7-8-19-15(13)14/h1-9,17-18H. The van der Waals surface area contributed by atoms with Crippen LogP contribution in [0, 0.1) is 0 Å². The molecule has 1 heterocycles. The highest BCUT2D eigenvalue weighted by atomic mass is 16.4. The number of benzene rings is 2. The number of hydrogen-bond donors (Lipinski definition) is 2. The van der Waals surface area contributed by atoms with Crippen molar-refractivity contribution in [1.29, 1.82) is 0 Å². The molecule has 0 saturated carbocycles. The highest BCUT2D eigenvalue weighted by Gasteiger charge is 2.09. The molecule has 0 saturated heterocycles. The second kappa shape index (κ2) is 4.49. The van der Waals surface area contributed by atoms with Crippen molar-refractivity contribution in [2.24, 2.45) is 5.16 Å².